The van der Waals surface area contributed by atoms with Crippen molar-refractivity contribution in [3.8, 4) is 11.1 Å². The number of aryl methyl sites for hydroxylation is 2. The van der Waals surface area contributed by atoms with E-state index < -0.39 is 0 Å². The number of rotatable bonds is 7. The molecule has 4 fully saturated rings. The minimum absolute atomic E-state index is 0.0502. The highest BCUT2D eigenvalue weighted by atomic mass is 16.3. The highest BCUT2D eigenvalue weighted by Gasteiger charge is 2.50. The monoisotopic (exact) mass is 554 g/mol. The summed E-state index contributed by atoms with van der Waals surface area (Å²) in [6.07, 6.45) is 15.5. The van der Waals surface area contributed by atoms with Crippen molar-refractivity contribution in [3.63, 3.8) is 0 Å². The zero-order chi connectivity index (χ0) is 28.8. The fraction of sp³-hybridized carbons (Fsp3) is 0.571. The number of aliphatic hydroxyl groups excluding tert-OH is 1. The summed E-state index contributed by atoms with van der Waals surface area (Å²) in [4.78, 5) is 21.1. The van der Waals surface area contributed by atoms with Gasteiger partial charge in [-0.25, -0.2) is 4.98 Å². The molecule has 2 heterocycles. The van der Waals surface area contributed by atoms with E-state index in [-0.39, 0.29) is 34.8 Å². The van der Waals surface area contributed by atoms with Gasteiger partial charge >= 0.3 is 0 Å². The van der Waals surface area contributed by atoms with Crippen molar-refractivity contribution < 1.29 is 9.90 Å². The van der Waals surface area contributed by atoms with Crippen molar-refractivity contribution in [1.29, 1.82) is 0 Å². The van der Waals surface area contributed by atoms with Crippen LogP contribution in [0.1, 0.15) is 101 Å². The number of amides is 1. The Labute approximate surface area is 245 Å². The summed E-state index contributed by atoms with van der Waals surface area (Å²) in [5.41, 5.74) is 6.76. The Bertz CT molecular complexity index is 1380. The van der Waals surface area contributed by atoms with E-state index in [1.807, 2.05) is 28.0 Å². The Morgan fingerprint density at radius 1 is 0.976 bits per heavy atom. The van der Waals surface area contributed by atoms with Gasteiger partial charge in [0.25, 0.3) is 0 Å². The van der Waals surface area contributed by atoms with E-state index in [0.717, 1.165) is 55.6 Å². The van der Waals surface area contributed by atoms with Gasteiger partial charge in [0, 0.05) is 36.5 Å². The van der Waals surface area contributed by atoms with Crippen LogP contribution in [0.5, 0.6) is 0 Å². The number of anilines is 1. The first-order valence-electron chi connectivity index (χ1n) is 15.7. The van der Waals surface area contributed by atoms with Crippen molar-refractivity contribution in [3.05, 3.63) is 65.6 Å². The van der Waals surface area contributed by atoms with Gasteiger partial charge < -0.3 is 5.11 Å². The van der Waals surface area contributed by atoms with E-state index in [1.54, 1.807) is 0 Å². The molecule has 218 valence electrons. The molecule has 1 amide bonds. The van der Waals surface area contributed by atoms with E-state index in [1.165, 1.54) is 36.0 Å². The standard InChI is InChI=1S/C35H46N4O2/c1-24(2)39-22-29(21-37-39)28-11-18-36-32(20-28)38(33(41)27-6-9-31(40)10-7-27)23-34-12-15-35(16-13-34,17-14-34)30-8-5-25(3)26(4)19-30/h5,8,11,18-22,24,27,31,40H,6-7,9-10,12-17,23H2,1-4H3. The summed E-state index contributed by atoms with van der Waals surface area (Å²) in [6.45, 7) is 9.41. The number of carbonyl (C=O) groups excluding carboxylic acids is 1. The summed E-state index contributed by atoms with van der Waals surface area (Å²) in [5.74, 6) is 0.887. The predicted molar refractivity (Wildman–Crippen MR) is 164 cm³/mol. The van der Waals surface area contributed by atoms with Gasteiger partial charge in [0.15, 0.2) is 0 Å². The highest BCUT2D eigenvalue weighted by molar-refractivity contribution is 5.95. The fourth-order valence-electron chi connectivity index (χ4n) is 7.67. The van der Waals surface area contributed by atoms with E-state index in [2.05, 4.69) is 63.3 Å². The third-order valence-corrected chi connectivity index (χ3v) is 10.8. The molecule has 0 atom stereocenters. The van der Waals surface area contributed by atoms with Gasteiger partial charge in [-0.1, -0.05) is 18.2 Å². The number of pyridine rings is 1. The first-order valence-corrected chi connectivity index (χ1v) is 15.7. The minimum Gasteiger partial charge on any atom is -0.393 e. The number of aromatic nitrogens is 3. The molecule has 4 aliphatic carbocycles. The largest absolute Gasteiger partial charge is 0.393 e. The Morgan fingerprint density at radius 2 is 1.68 bits per heavy atom. The maximum Gasteiger partial charge on any atom is 0.231 e. The molecular formula is C35H46N4O2. The highest BCUT2D eigenvalue weighted by Crippen LogP contribution is 2.58. The maximum atomic E-state index is 14.2. The van der Waals surface area contributed by atoms with Gasteiger partial charge in [-0.2, -0.15) is 5.10 Å². The second-order valence-corrected chi connectivity index (χ2v) is 13.7. The zero-order valence-corrected chi connectivity index (χ0v) is 25.3. The lowest BCUT2D eigenvalue weighted by molar-refractivity contribution is -0.124. The lowest BCUT2D eigenvalue weighted by Crippen LogP contribution is -2.52. The predicted octanol–water partition coefficient (Wildman–Crippen LogP) is 7.32. The van der Waals surface area contributed by atoms with Crippen LogP contribution < -0.4 is 4.90 Å². The van der Waals surface area contributed by atoms with Gasteiger partial charge in [-0.15, -0.1) is 0 Å². The smallest absolute Gasteiger partial charge is 0.231 e. The molecule has 4 saturated carbocycles. The molecule has 2 aromatic heterocycles. The molecule has 0 radical (unpaired) electrons. The van der Waals surface area contributed by atoms with Crippen molar-refractivity contribution in [2.45, 2.75) is 109 Å². The molecule has 4 aliphatic rings. The van der Waals surface area contributed by atoms with Crippen molar-refractivity contribution in [2.75, 3.05) is 11.4 Å². The van der Waals surface area contributed by atoms with Crippen LogP contribution in [0, 0.1) is 25.2 Å². The molecule has 0 saturated heterocycles. The Morgan fingerprint density at radius 3 is 2.32 bits per heavy atom. The third-order valence-electron chi connectivity index (χ3n) is 10.8. The molecule has 2 bridgehead atoms. The first kappa shape index (κ1) is 28.1. The Kier molecular flexibility index (Phi) is 7.56. The van der Waals surface area contributed by atoms with Gasteiger partial charge in [0.2, 0.25) is 5.91 Å². The fourth-order valence-corrected chi connectivity index (χ4v) is 7.67. The van der Waals surface area contributed by atoms with Crippen LogP contribution in [-0.2, 0) is 10.2 Å². The molecule has 1 N–H and O–H groups in total. The number of benzene rings is 1. The molecular weight excluding hydrogens is 508 g/mol. The quantitative estimate of drug-likeness (QED) is 0.332. The van der Waals surface area contributed by atoms with Gasteiger partial charge in [-0.05, 0) is 137 Å². The van der Waals surface area contributed by atoms with Crippen LogP contribution >= 0.6 is 0 Å². The molecule has 0 aliphatic heterocycles. The average molecular weight is 555 g/mol. The van der Waals surface area contributed by atoms with Crippen molar-refractivity contribution in [1.82, 2.24) is 14.8 Å². The summed E-state index contributed by atoms with van der Waals surface area (Å²) >= 11 is 0. The van der Waals surface area contributed by atoms with E-state index in [0.29, 0.717) is 12.8 Å². The van der Waals surface area contributed by atoms with Crippen LogP contribution in [0.4, 0.5) is 5.82 Å². The molecule has 41 heavy (non-hydrogen) atoms. The van der Waals surface area contributed by atoms with Gasteiger partial charge in [-0.3, -0.25) is 14.4 Å². The normalized spacial score (nSPS) is 27.8. The van der Waals surface area contributed by atoms with Crippen LogP contribution in [0.3, 0.4) is 0 Å². The minimum atomic E-state index is -0.278. The van der Waals surface area contributed by atoms with E-state index in [4.69, 9.17) is 4.98 Å². The number of nitrogens with zero attached hydrogens (tertiary/aromatic N) is 4. The molecule has 0 unspecified atom stereocenters. The van der Waals surface area contributed by atoms with Crippen LogP contribution in [0.25, 0.3) is 11.1 Å². The van der Waals surface area contributed by atoms with Crippen LogP contribution in [0.15, 0.2) is 48.9 Å². The summed E-state index contributed by atoms with van der Waals surface area (Å²) in [6, 6.07) is 11.5. The molecule has 1 aromatic carbocycles. The topological polar surface area (TPSA) is 71.2 Å². The van der Waals surface area contributed by atoms with E-state index in [9.17, 15) is 9.90 Å². The third kappa shape index (κ3) is 5.48. The number of fused-ring (bicyclic) bond motifs is 3. The molecule has 3 aromatic rings. The molecule has 7 rings (SSSR count). The van der Waals surface area contributed by atoms with Crippen molar-refractivity contribution in [2.24, 2.45) is 11.3 Å². The Hall–Kier alpha value is -2.99. The van der Waals surface area contributed by atoms with Crippen molar-refractivity contribution >= 4 is 11.7 Å². The summed E-state index contributed by atoms with van der Waals surface area (Å²) in [7, 11) is 0. The lowest BCUT2D eigenvalue weighted by atomic mass is 9.51. The number of hydrogen-bond donors (Lipinski definition) is 1. The van der Waals surface area contributed by atoms with Gasteiger partial charge in [0.1, 0.15) is 5.82 Å². The number of carbonyl (C=O) groups is 1. The first-order chi connectivity index (χ1) is 19.7. The Balaban J connectivity index is 1.27. The molecule has 6 heteroatoms. The van der Waals surface area contributed by atoms with Crippen LogP contribution in [-0.4, -0.2) is 38.4 Å². The van der Waals surface area contributed by atoms with Crippen LogP contribution in [0.2, 0.25) is 0 Å². The SMILES string of the molecule is Cc1ccc(C23CCC(CN(C(=O)C4CCC(O)CC4)c4cc(-c5cnn(C(C)C)c5)ccn4)(CC2)CC3)cc1C. The number of aliphatic hydroxyl groups is 1. The second-order valence-electron chi connectivity index (χ2n) is 13.7. The van der Waals surface area contributed by atoms with E-state index >= 15 is 0 Å². The zero-order valence-electron chi connectivity index (χ0n) is 25.3. The molecule has 0 spiro atoms. The second kappa shape index (κ2) is 11.0. The maximum absolute atomic E-state index is 14.2. The van der Waals surface area contributed by atoms with Gasteiger partial charge in [0.05, 0.1) is 12.3 Å². The summed E-state index contributed by atoms with van der Waals surface area (Å²) < 4.78 is 1.97. The molecule has 6 nitrogen and oxygen atoms in total. The summed E-state index contributed by atoms with van der Waals surface area (Å²) in [5, 5.41) is 14.7. The average Bonchev–Trinajstić information content (AvgIpc) is 3.50. The number of hydrogen-bond acceptors (Lipinski definition) is 4. The lowest BCUT2D eigenvalue weighted by Gasteiger charge is -2.55.